The zero-order valence-electron chi connectivity index (χ0n) is 22.5. The molecule has 10 heteroatoms. The maximum atomic E-state index is 14.8. The number of nitrogens with zero attached hydrogens (tertiary/aromatic N) is 1. The van der Waals surface area contributed by atoms with Crippen LogP contribution in [0.5, 0.6) is 0 Å². The van der Waals surface area contributed by atoms with Crippen molar-refractivity contribution in [3.05, 3.63) is 75.1 Å². The third kappa shape index (κ3) is 6.97. The van der Waals surface area contributed by atoms with Crippen LogP contribution >= 0.6 is 27.3 Å². The quantitative estimate of drug-likeness (QED) is 0.297. The van der Waals surface area contributed by atoms with E-state index >= 15 is 0 Å². The number of alkyl halides is 2. The monoisotopic (exact) mass is 619 g/mol. The van der Waals surface area contributed by atoms with E-state index in [4.69, 9.17) is 4.74 Å². The summed E-state index contributed by atoms with van der Waals surface area (Å²) in [6.45, 7) is 7.81. The summed E-state index contributed by atoms with van der Waals surface area (Å²) in [5.41, 5.74) is 2.67. The summed E-state index contributed by atoms with van der Waals surface area (Å²) in [5, 5.41) is 7.88. The second kappa shape index (κ2) is 11.3. The Labute approximate surface area is 239 Å². The van der Waals surface area contributed by atoms with Crippen molar-refractivity contribution in [3.63, 3.8) is 0 Å². The van der Waals surface area contributed by atoms with Crippen LogP contribution in [0.1, 0.15) is 55.2 Å². The van der Waals surface area contributed by atoms with Gasteiger partial charge in [0, 0.05) is 26.2 Å². The molecule has 2 aromatic carbocycles. The molecule has 2 N–H and O–H groups in total. The third-order valence-corrected chi connectivity index (χ3v) is 8.01. The summed E-state index contributed by atoms with van der Waals surface area (Å²) >= 11 is 5.24. The average molecular weight is 621 g/mol. The van der Waals surface area contributed by atoms with E-state index in [2.05, 4.69) is 26.6 Å². The summed E-state index contributed by atoms with van der Waals surface area (Å²) in [6, 6.07) is 13.3. The summed E-state index contributed by atoms with van der Waals surface area (Å²) < 4.78 is 35.8. The van der Waals surface area contributed by atoms with Crippen LogP contribution in [-0.4, -0.2) is 47.6 Å². The summed E-state index contributed by atoms with van der Waals surface area (Å²) in [6.07, 6.45) is -0.778. The minimum absolute atomic E-state index is 0.218. The molecule has 2 heterocycles. The van der Waals surface area contributed by atoms with E-state index in [-0.39, 0.29) is 18.5 Å². The van der Waals surface area contributed by atoms with Crippen LogP contribution in [0, 0.1) is 6.92 Å². The first-order valence-electron chi connectivity index (χ1n) is 12.6. The van der Waals surface area contributed by atoms with Gasteiger partial charge in [0.1, 0.15) is 11.6 Å². The fourth-order valence-electron chi connectivity index (χ4n) is 4.35. The molecule has 0 aliphatic carbocycles. The minimum atomic E-state index is -3.17. The molecular formula is C29H32BrF2N3O3S. The number of benzene rings is 2. The van der Waals surface area contributed by atoms with E-state index in [0.29, 0.717) is 16.8 Å². The molecule has 1 aliphatic rings. The van der Waals surface area contributed by atoms with E-state index in [1.54, 1.807) is 57.2 Å². The van der Waals surface area contributed by atoms with Gasteiger partial charge in [-0.05, 0) is 81.5 Å². The number of halogens is 3. The molecule has 0 bridgehead atoms. The lowest BCUT2D eigenvalue weighted by atomic mass is 10.0. The number of nitrogens with one attached hydrogen (secondary N) is 2. The van der Waals surface area contributed by atoms with Crippen LogP contribution in [0.3, 0.4) is 0 Å². The SMILES string of the molecule is Cc1ccc(NC2CN(C(=O)OC(C)(C)C)CC2(F)F)cc1C(=O)N[C@H](C)c1ccc(Br)c(-c2cccs2)c1. The fourth-order valence-corrected chi connectivity index (χ4v) is 5.70. The number of carbonyl (C=O) groups is 2. The Hall–Kier alpha value is -2.98. The lowest BCUT2D eigenvalue weighted by molar-refractivity contribution is -0.00635. The molecule has 1 saturated heterocycles. The number of rotatable bonds is 6. The number of hydrogen-bond acceptors (Lipinski definition) is 5. The highest BCUT2D eigenvalue weighted by atomic mass is 79.9. The Balaban J connectivity index is 1.47. The Bertz CT molecular complexity index is 1360. The van der Waals surface area contributed by atoms with Gasteiger partial charge in [-0.3, -0.25) is 9.69 Å². The van der Waals surface area contributed by atoms with Crippen molar-refractivity contribution in [1.82, 2.24) is 10.2 Å². The van der Waals surface area contributed by atoms with Crippen LogP contribution in [-0.2, 0) is 4.74 Å². The zero-order valence-corrected chi connectivity index (χ0v) is 24.9. The molecular weight excluding hydrogens is 588 g/mol. The van der Waals surface area contributed by atoms with Gasteiger partial charge in [0.15, 0.2) is 0 Å². The topological polar surface area (TPSA) is 70.7 Å². The van der Waals surface area contributed by atoms with Crippen molar-refractivity contribution < 1.29 is 23.1 Å². The Morgan fingerprint density at radius 1 is 1.18 bits per heavy atom. The first-order valence-corrected chi connectivity index (χ1v) is 14.3. The van der Waals surface area contributed by atoms with Gasteiger partial charge in [0.2, 0.25) is 0 Å². The molecule has 2 amide bonds. The predicted molar refractivity (Wildman–Crippen MR) is 155 cm³/mol. The number of thiophene rings is 1. The molecule has 2 atom stereocenters. The molecule has 1 unspecified atom stereocenters. The van der Waals surface area contributed by atoms with Crippen LogP contribution < -0.4 is 10.6 Å². The minimum Gasteiger partial charge on any atom is -0.444 e. The standard InChI is InChI=1S/C29H32BrF2N3O3S/c1-17-8-10-20(34-25-15-35(16-29(25,31)32)27(37)38-28(3,4)5)14-21(17)26(36)33-18(2)19-9-11-23(30)22(13-19)24-7-6-12-39-24/h6-14,18,25,34H,15-16H2,1-5H3,(H,33,36)/t18-,25?/m1/s1. The van der Waals surface area contributed by atoms with Crippen LogP contribution in [0.2, 0.25) is 0 Å². The summed E-state index contributed by atoms with van der Waals surface area (Å²) in [7, 11) is 0. The first-order chi connectivity index (χ1) is 18.2. The normalized spacial score (nSPS) is 17.5. The number of amides is 2. The van der Waals surface area contributed by atoms with Gasteiger partial charge >= 0.3 is 6.09 Å². The van der Waals surface area contributed by atoms with Crippen LogP contribution in [0.25, 0.3) is 10.4 Å². The van der Waals surface area contributed by atoms with E-state index in [9.17, 15) is 18.4 Å². The molecule has 4 rings (SSSR count). The molecule has 39 heavy (non-hydrogen) atoms. The predicted octanol–water partition coefficient (Wildman–Crippen LogP) is 7.64. The lowest BCUT2D eigenvalue weighted by Crippen LogP contribution is -2.38. The van der Waals surface area contributed by atoms with Crippen molar-refractivity contribution in [3.8, 4) is 10.4 Å². The highest BCUT2D eigenvalue weighted by Gasteiger charge is 2.50. The van der Waals surface area contributed by atoms with Gasteiger partial charge < -0.3 is 15.4 Å². The second-order valence-corrected chi connectivity index (χ2v) is 12.6. The molecule has 1 aromatic heterocycles. The number of hydrogen-bond donors (Lipinski definition) is 2. The van der Waals surface area contributed by atoms with Crippen molar-refractivity contribution in [2.45, 2.75) is 58.2 Å². The van der Waals surface area contributed by atoms with Gasteiger partial charge in [0.05, 0.1) is 19.1 Å². The Morgan fingerprint density at radius 2 is 1.92 bits per heavy atom. The van der Waals surface area contributed by atoms with Gasteiger partial charge in [-0.25, -0.2) is 13.6 Å². The maximum Gasteiger partial charge on any atom is 0.410 e. The van der Waals surface area contributed by atoms with Crippen molar-refractivity contribution in [2.75, 3.05) is 18.4 Å². The van der Waals surface area contributed by atoms with Gasteiger partial charge in [-0.2, -0.15) is 0 Å². The summed E-state index contributed by atoms with van der Waals surface area (Å²) in [4.78, 5) is 27.7. The molecule has 0 radical (unpaired) electrons. The lowest BCUT2D eigenvalue weighted by Gasteiger charge is -2.24. The molecule has 1 aliphatic heterocycles. The highest BCUT2D eigenvalue weighted by Crippen LogP contribution is 2.34. The van der Waals surface area contributed by atoms with Crippen LogP contribution in [0.15, 0.2) is 58.4 Å². The zero-order chi connectivity index (χ0) is 28.5. The van der Waals surface area contributed by atoms with Gasteiger partial charge in [-0.1, -0.05) is 34.1 Å². The second-order valence-electron chi connectivity index (χ2n) is 10.8. The van der Waals surface area contributed by atoms with Crippen molar-refractivity contribution >= 4 is 45.0 Å². The van der Waals surface area contributed by atoms with E-state index in [1.165, 1.54) is 0 Å². The van der Waals surface area contributed by atoms with Gasteiger partial charge in [0.25, 0.3) is 11.8 Å². The number of ether oxygens (including phenoxy) is 1. The van der Waals surface area contributed by atoms with E-state index in [0.717, 1.165) is 25.4 Å². The molecule has 0 saturated carbocycles. The number of likely N-dealkylation sites (tertiary alicyclic amines) is 1. The molecule has 6 nitrogen and oxygen atoms in total. The number of carbonyl (C=O) groups excluding carboxylic acids is 2. The Kier molecular flexibility index (Phi) is 8.37. The van der Waals surface area contributed by atoms with Crippen LogP contribution in [0.4, 0.5) is 19.3 Å². The maximum absolute atomic E-state index is 14.8. The highest BCUT2D eigenvalue weighted by molar-refractivity contribution is 9.10. The number of aryl methyl sites for hydroxylation is 1. The summed E-state index contributed by atoms with van der Waals surface area (Å²) in [5.74, 6) is -3.47. The third-order valence-electron chi connectivity index (χ3n) is 6.41. The Morgan fingerprint density at radius 3 is 2.59 bits per heavy atom. The van der Waals surface area contributed by atoms with Crippen molar-refractivity contribution in [2.24, 2.45) is 0 Å². The smallest absolute Gasteiger partial charge is 0.410 e. The average Bonchev–Trinajstić information content (AvgIpc) is 3.47. The van der Waals surface area contributed by atoms with Gasteiger partial charge in [-0.15, -0.1) is 11.3 Å². The number of anilines is 1. The van der Waals surface area contributed by atoms with Crippen molar-refractivity contribution in [1.29, 1.82) is 0 Å². The van der Waals surface area contributed by atoms with E-state index < -0.39 is 30.2 Å². The first kappa shape index (κ1) is 29.0. The molecule has 3 aromatic rings. The molecule has 0 spiro atoms. The molecule has 208 valence electrons. The largest absolute Gasteiger partial charge is 0.444 e. The fraction of sp³-hybridized carbons (Fsp3) is 0.379. The van der Waals surface area contributed by atoms with E-state index in [1.807, 2.05) is 42.6 Å². The molecule has 1 fully saturated rings.